The van der Waals surface area contributed by atoms with Crippen LogP contribution in [0.25, 0.3) is 10.2 Å². The molecule has 0 saturated heterocycles. The van der Waals surface area contributed by atoms with E-state index in [2.05, 4.69) is 4.98 Å². The molecule has 1 fully saturated rings. The summed E-state index contributed by atoms with van der Waals surface area (Å²) in [5, 5.41) is 9.80. The fourth-order valence-electron chi connectivity index (χ4n) is 2.16. The van der Waals surface area contributed by atoms with Gasteiger partial charge in [0, 0.05) is 11.5 Å². The highest BCUT2D eigenvalue weighted by Gasteiger charge is 2.48. The highest BCUT2D eigenvalue weighted by atomic mass is 32.1. The van der Waals surface area contributed by atoms with Gasteiger partial charge < -0.3 is 5.11 Å². The van der Waals surface area contributed by atoms with Gasteiger partial charge in [-0.05, 0) is 31.5 Å². The molecule has 0 aliphatic heterocycles. The van der Waals surface area contributed by atoms with Crippen LogP contribution < -0.4 is 0 Å². The largest absolute Gasteiger partial charge is 0.481 e. The Kier molecular flexibility index (Phi) is 2.45. The molecule has 1 aliphatic carbocycles. The number of Topliss-reactive ketones (excluding diaryl/α,β-unsaturated/α-hetero) is 1. The average Bonchev–Trinajstić information content (AvgIpc) is 3.03. The molecule has 1 aromatic heterocycles. The molecular formula is C13H11NO3S. The molecule has 1 N–H and O–H groups in total. The van der Waals surface area contributed by atoms with Crippen molar-refractivity contribution in [2.24, 2.45) is 11.8 Å². The number of aryl methyl sites for hydroxylation is 1. The number of thiazole rings is 1. The number of fused-ring (bicyclic) bond motifs is 1. The number of hydrogen-bond donors (Lipinski definition) is 1. The van der Waals surface area contributed by atoms with Gasteiger partial charge in [-0.3, -0.25) is 9.59 Å². The van der Waals surface area contributed by atoms with Gasteiger partial charge in [-0.25, -0.2) is 4.98 Å². The minimum Gasteiger partial charge on any atom is -0.481 e. The van der Waals surface area contributed by atoms with E-state index >= 15 is 0 Å². The zero-order chi connectivity index (χ0) is 12.9. The third-order valence-corrected chi connectivity index (χ3v) is 4.16. The molecule has 5 heteroatoms. The van der Waals surface area contributed by atoms with Crippen LogP contribution in [0.5, 0.6) is 0 Å². The molecule has 3 rings (SSSR count). The van der Waals surface area contributed by atoms with Crippen molar-refractivity contribution in [2.45, 2.75) is 13.3 Å². The first kappa shape index (κ1) is 11.3. The molecule has 1 saturated carbocycles. The summed E-state index contributed by atoms with van der Waals surface area (Å²) in [6.45, 7) is 1.92. The predicted molar refractivity (Wildman–Crippen MR) is 67.9 cm³/mol. The molecule has 1 aliphatic rings. The normalized spacial score (nSPS) is 22.1. The standard InChI is InChI=1S/C13H11NO3S/c1-6-14-10-3-2-7(4-11(10)18-6)12(15)8-5-9(8)13(16)17/h2-4,8-9H,5H2,1H3,(H,16,17)/t8-,9-/m0/s1. The van der Waals surface area contributed by atoms with Crippen LogP contribution in [-0.4, -0.2) is 21.8 Å². The number of carbonyl (C=O) groups excluding carboxylic acids is 1. The SMILES string of the molecule is Cc1nc2ccc(C(=O)[C@H]3C[C@@H]3C(=O)O)cc2s1. The van der Waals surface area contributed by atoms with E-state index in [0.29, 0.717) is 12.0 Å². The lowest BCUT2D eigenvalue weighted by molar-refractivity contribution is -0.138. The molecule has 92 valence electrons. The summed E-state index contributed by atoms with van der Waals surface area (Å²) in [6.07, 6.45) is 0.466. The lowest BCUT2D eigenvalue weighted by Crippen LogP contribution is -2.08. The van der Waals surface area contributed by atoms with Gasteiger partial charge in [-0.2, -0.15) is 0 Å². The minimum absolute atomic E-state index is 0.0599. The average molecular weight is 261 g/mol. The number of ketones is 1. The fourth-order valence-corrected chi connectivity index (χ4v) is 3.03. The maximum atomic E-state index is 12.1. The zero-order valence-electron chi connectivity index (χ0n) is 9.71. The number of benzene rings is 1. The van der Waals surface area contributed by atoms with Gasteiger partial charge in [0.05, 0.1) is 21.1 Å². The molecule has 0 bridgehead atoms. The Morgan fingerprint density at radius 1 is 1.39 bits per heavy atom. The molecule has 1 heterocycles. The number of carboxylic acid groups (broad SMARTS) is 1. The predicted octanol–water partition coefficient (Wildman–Crippen LogP) is 2.51. The molecule has 0 radical (unpaired) electrons. The number of carbonyl (C=O) groups is 2. The van der Waals surface area contributed by atoms with E-state index in [9.17, 15) is 9.59 Å². The van der Waals surface area contributed by atoms with Crippen LogP contribution >= 0.6 is 11.3 Å². The second kappa shape index (κ2) is 3.88. The topological polar surface area (TPSA) is 67.3 Å². The van der Waals surface area contributed by atoms with Gasteiger partial charge in [-0.1, -0.05) is 0 Å². The van der Waals surface area contributed by atoms with Gasteiger partial charge in [0.2, 0.25) is 0 Å². The van der Waals surface area contributed by atoms with Crippen molar-refractivity contribution >= 4 is 33.3 Å². The summed E-state index contributed by atoms with van der Waals surface area (Å²) < 4.78 is 0.978. The zero-order valence-corrected chi connectivity index (χ0v) is 10.5. The van der Waals surface area contributed by atoms with E-state index in [1.165, 1.54) is 0 Å². The number of rotatable bonds is 3. The third-order valence-electron chi connectivity index (χ3n) is 3.22. The van der Waals surface area contributed by atoms with Crippen LogP contribution in [-0.2, 0) is 4.79 Å². The Hall–Kier alpha value is -1.75. The van der Waals surface area contributed by atoms with Crippen molar-refractivity contribution in [2.75, 3.05) is 0 Å². The Morgan fingerprint density at radius 2 is 2.17 bits per heavy atom. The summed E-state index contributed by atoms with van der Waals surface area (Å²) in [5.74, 6) is -1.76. The van der Waals surface area contributed by atoms with Crippen LogP contribution in [0, 0.1) is 18.8 Å². The maximum absolute atomic E-state index is 12.1. The molecule has 1 aromatic carbocycles. The van der Waals surface area contributed by atoms with E-state index in [-0.39, 0.29) is 11.7 Å². The van der Waals surface area contributed by atoms with Crippen LogP contribution in [0.2, 0.25) is 0 Å². The van der Waals surface area contributed by atoms with E-state index in [4.69, 9.17) is 5.11 Å². The molecule has 0 spiro atoms. The van der Waals surface area contributed by atoms with Gasteiger partial charge in [0.15, 0.2) is 5.78 Å². The Morgan fingerprint density at radius 3 is 2.83 bits per heavy atom. The minimum atomic E-state index is -0.872. The highest BCUT2D eigenvalue weighted by molar-refractivity contribution is 7.18. The number of hydrogen-bond acceptors (Lipinski definition) is 4. The Labute approximate surface area is 107 Å². The van der Waals surface area contributed by atoms with Crippen molar-refractivity contribution in [3.63, 3.8) is 0 Å². The lowest BCUT2D eigenvalue weighted by atomic mass is 10.1. The van der Waals surface area contributed by atoms with E-state index in [1.807, 2.05) is 19.1 Å². The molecule has 4 nitrogen and oxygen atoms in total. The molecule has 18 heavy (non-hydrogen) atoms. The van der Waals surface area contributed by atoms with Gasteiger partial charge in [0.25, 0.3) is 0 Å². The van der Waals surface area contributed by atoms with Crippen molar-refractivity contribution in [1.82, 2.24) is 4.98 Å². The third kappa shape index (κ3) is 1.80. The second-order valence-corrected chi connectivity index (χ2v) is 5.80. The van der Waals surface area contributed by atoms with Crippen molar-refractivity contribution in [1.29, 1.82) is 0 Å². The van der Waals surface area contributed by atoms with Crippen LogP contribution in [0.3, 0.4) is 0 Å². The number of aromatic nitrogens is 1. The van der Waals surface area contributed by atoms with E-state index < -0.39 is 11.9 Å². The first-order valence-corrected chi connectivity index (χ1v) is 6.52. The molecule has 2 atom stereocenters. The summed E-state index contributed by atoms with van der Waals surface area (Å²) in [7, 11) is 0. The van der Waals surface area contributed by atoms with Gasteiger partial charge in [0.1, 0.15) is 0 Å². The summed E-state index contributed by atoms with van der Waals surface area (Å²) in [5.41, 5.74) is 1.49. The fraction of sp³-hybridized carbons (Fsp3) is 0.308. The van der Waals surface area contributed by atoms with Crippen LogP contribution in [0.1, 0.15) is 21.8 Å². The van der Waals surface area contributed by atoms with Crippen molar-refractivity contribution < 1.29 is 14.7 Å². The van der Waals surface area contributed by atoms with Crippen molar-refractivity contribution in [3.05, 3.63) is 28.8 Å². The molecule has 0 amide bonds. The number of nitrogens with zero attached hydrogens (tertiary/aromatic N) is 1. The smallest absolute Gasteiger partial charge is 0.307 e. The van der Waals surface area contributed by atoms with Crippen molar-refractivity contribution in [3.8, 4) is 0 Å². The summed E-state index contributed by atoms with van der Waals surface area (Å²) >= 11 is 1.54. The second-order valence-electron chi connectivity index (χ2n) is 4.57. The van der Waals surface area contributed by atoms with Crippen LogP contribution in [0.15, 0.2) is 18.2 Å². The van der Waals surface area contributed by atoms with E-state index in [1.54, 1.807) is 17.4 Å². The molecule has 0 unspecified atom stereocenters. The number of carboxylic acids is 1. The van der Waals surface area contributed by atoms with E-state index in [0.717, 1.165) is 15.2 Å². The summed E-state index contributed by atoms with van der Waals surface area (Å²) in [4.78, 5) is 27.2. The Balaban J connectivity index is 1.90. The molecular weight excluding hydrogens is 250 g/mol. The summed E-state index contributed by atoms with van der Waals surface area (Å²) in [6, 6.07) is 5.38. The Bertz CT molecular complexity index is 661. The number of aliphatic carboxylic acids is 1. The van der Waals surface area contributed by atoms with Gasteiger partial charge in [-0.15, -0.1) is 11.3 Å². The first-order valence-electron chi connectivity index (χ1n) is 5.70. The monoisotopic (exact) mass is 261 g/mol. The van der Waals surface area contributed by atoms with Crippen LogP contribution in [0.4, 0.5) is 0 Å². The van der Waals surface area contributed by atoms with Gasteiger partial charge >= 0.3 is 5.97 Å². The first-order chi connectivity index (χ1) is 8.56. The highest BCUT2D eigenvalue weighted by Crippen LogP contribution is 2.41. The maximum Gasteiger partial charge on any atom is 0.307 e. The molecule has 2 aromatic rings. The quantitative estimate of drug-likeness (QED) is 0.862. The lowest BCUT2D eigenvalue weighted by Gasteiger charge is -1.98.